The molecule has 152 valence electrons. The van der Waals surface area contributed by atoms with E-state index < -0.39 is 0 Å². The van der Waals surface area contributed by atoms with E-state index in [0.717, 1.165) is 35.2 Å². The quantitative estimate of drug-likeness (QED) is 0.362. The molecule has 2 unspecified atom stereocenters. The van der Waals surface area contributed by atoms with Gasteiger partial charge in [0.05, 0.1) is 26.3 Å². The van der Waals surface area contributed by atoms with Crippen LogP contribution in [0.4, 0.5) is 0 Å². The fraction of sp³-hybridized carbons (Fsp3) is 0.381. The fourth-order valence-electron chi connectivity index (χ4n) is 3.07. The molecule has 0 amide bonds. The van der Waals surface area contributed by atoms with E-state index in [9.17, 15) is 0 Å². The molecule has 0 saturated carbocycles. The number of hydrogen-bond acceptors (Lipinski definition) is 4. The summed E-state index contributed by atoms with van der Waals surface area (Å²) in [5, 5.41) is 6.82. The minimum absolute atomic E-state index is 0. The number of fused-ring (bicyclic) bond motifs is 1. The molecular formula is C21H28IN3O3. The number of ether oxygens (including phenoxy) is 3. The van der Waals surface area contributed by atoms with Gasteiger partial charge in [0.15, 0.2) is 17.5 Å². The number of rotatable bonds is 6. The molecule has 0 aromatic heterocycles. The van der Waals surface area contributed by atoms with E-state index in [-0.39, 0.29) is 36.1 Å². The second kappa shape index (κ2) is 11.0. The lowest BCUT2D eigenvalue weighted by molar-refractivity contribution is 0.213. The molecule has 7 heteroatoms. The summed E-state index contributed by atoms with van der Waals surface area (Å²) in [5.41, 5.74) is 1.16. The topological polar surface area (TPSA) is 64.1 Å². The third kappa shape index (κ3) is 5.67. The van der Waals surface area contributed by atoms with Gasteiger partial charge >= 0.3 is 0 Å². The summed E-state index contributed by atoms with van der Waals surface area (Å²) in [6.45, 7) is 3.32. The maximum absolute atomic E-state index is 5.99. The van der Waals surface area contributed by atoms with Crippen LogP contribution in [-0.4, -0.2) is 39.4 Å². The Balaban J connectivity index is 0.00000280. The number of hydrogen-bond donors (Lipinski definition) is 2. The van der Waals surface area contributed by atoms with Crippen molar-refractivity contribution in [3.05, 3.63) is 54.1 Å². The SMILES string of the molecule is CN=C(NCC(C)Oc1ccccc1OC)NC1CCOc2ccccc21.I. The van der Waals surface area contributed by atoms with Crippen LogP contribution in [0, 0.1) is 0 Å². The molecule has 2 atom stereocenters. The molecule has 0 radical (unpaired) electrons. The Kier molecular flexibility index (Phi) is 8.69. The lowest BCUT2D eigenvalue weighted by Crippen LogP contribution is -2.44. The van der Waals surface area contributed by atoms with Gasteiger partial charge in [0, 0.05) is 19.0 Å². The second-order valence-electron chi connectivity index (χ2n) is 6.40. The molecule has 0 aliphatic carbocycles. The van der Waals surface area contributed by atoms with Gasteiger partial charge in [0.25, 0.3) is 0 Å². The first kappa shape index (κ1) is 22.1. The van der Waals surface area contributed by atoms with E-state index in [1.165, 1.54) is 0 Å². The first-order valence-electron chi connectivity index (χ1n) is 9.20. The number of para-hydroxylation sites is 3. The molecule has 2 N–H and O–H groups in total. The average molecular weight is 497 g/mol. The van der Waals surface area contributed by atoms with Crippen LogP contribution < -0.4 is 24.8 Å². The standard InChI is InChI=1S/C21H27N3O3.HI/c1-15(27-20-11-7-6-10-19(20)25-3)14-23-21(22-2)24-17-12-13-26-18-9-5-4-8-16(17)18;/h4-11,15,17H,12-14H2,1-3H3,(H2,22,23,24);1H. The summed E-state index contributed by atoms with van der Waals surface area (Å²) in [6.07, 6.45) is 0.840. The largest absolute Gasteiger partial charge is 0.493 e. The van der Waals surface area contributed by atoms with Crippen molar-refractivity contribution in [3.8, 4) is 17.2 Å². The van der Waals surface area contributed by atoms with Gasteiger partial charge in [-0.3, -0.25) is 4.99 Å². The van der Waals surface area contributed by atoms with Gasteiger partial charge in [-0.2, -0.15) is 0 Å². The number of nitrogens with one attached hydrogen (secondary N) is 2. The van der Waals surface area contributed by atoms with Gasteiger partial charge < -0.3 is 24.8 Å². The zero-order valence-electron chi connectivity index (χ0n) is 16.5. The Morgan fingerprint density at radius 3 is 2.64 bits per heavy atom. The Bertz CT molecular complexity index is 785. The summed E-state index contributed by atoms with van der Waals surface area (Å²) in [5.74, 6) is 3.14. The Morgan fingerprint density at radius 2 is 1.89 bits per heavy atom. The normalized spacial score (nSPS) is 16.7. The maximum Gasteiger partial charge on any atom is 0.191 e. The number of benzene rings is 2. The van der Waals surface area contributed by atoms with E-state index in [1.54, 1.807) is 14.2 Å². The molecule has 0 bridgehead atoms. The van der Waals surface area contributed by atoms with Crippen molar-refractivity contribution >= 4 is 29.9 Å². The smallest absolute Gasteiger partial charge is 0.191 e. The minimum Gasteiger partial charge on any atom is -0.493 e. The molecule has 2 aromatic rings. The van der Waals surface area contributed by atoms with Gasteiger partial charge in [-0.1, -0.05) is 30.3 Å². The number of nitrogens with zero attached hydrogens (tertiary/aromatic N) is 1. The van der Waals surface area contributed by atoms with Gasteiger partial charge in [0.2, 0.25) is 0 Å². The molecule has 1 aliphatic rings. The average Bonchev–Trinajstić information content (AvgIpc) is 2.71. The molecule has 0 fully saturated rings. The van der Waals surface area contributed by atoms with Crippen molar-refractivity contribution in [1.82, 2.24) is 10.6 Å². The zero-order chi connectivity index (χ0) is 19.1. The fourth-order valence-corrected chi connectivity index (χ4v) is 3.07. The van der Waals surface area contributed by atoms with Crippen molar-refractivity contribution < 1.29 is 14.2 Å². The highest BCUT2D eigenvalue weighted by atomic mass is 127. The van der Waals surface area contributed by atoms with Crippen LogP contribution >= 0.6 is 24.0 Å². The summed E-state index contributed by atoms with van der Waals surface area (Å²) < 4.78 is 17.0. The van der Waals surface area contributed by atoms with Crippen molar-refractivity contribution in [2.75, 3.05) is 27.3 Å². The first-order valence-corrected chi connectivity index (χ1v) is 9.20. The van der Waals surface area contributed by atoms with E-state index in [0.29, 0.717) is 13.2 Å². The van der Waals surface area contributed by atoms with Crippen molar-refractivity contribution in [2.45, 2.75) is 25.5 Å². The second-order valence-corrected chi connectivity index (χ2v) is 6.40. The van der Waals surface area contributed by atoms with Crippen LogP contribution in [0.2, 0.25) is 0 Å². The molecule has 6 nitrogen and oxygen atoms in total. The molecule has 0 saturated heterocycles. The molecule has 1 heterocycles. The molecule has 0 spiro atoms. The zero-order valence-corrected chi connectivity index (χ0v) is 18.8. The van der Waals surface area contributed by atoms with E-state index >= 15 is 0 Å². The van der Waals surface area contributed by atoms with Gasteiger partial charge in [-0.05, 0) is 25.1 Å². The molecule has 1 aliphatic heterocycles. The van der Waals surface area contributed by atoms with Gasteiger partial charge in [-0.15, -0.1) is 24.0 Å². The van der Waals surface area contributed by atoms with Gasteiger partial charge in [-0.25, -0.2) is 0 Å². The van der Waals surface area contributed by atoms with Crippen molar-refractivity contribution in [2.24, 2.45) is 4.99 Å². The Morgan fingerprint density at radius 1 is 1.18 bits per heavy atom. The summed E-state index contributed by atoms with van der Waals surface area (Å²) in [6, 6.07) is 15.9. The maximum atomic E-state index is 5.99. The highest BCUT2D eigenvalue weighted by Crippen LogP contribution is 2.31. The molecule has 3 rings (SSSR count). The van der Waals surface area contributed by atoms with Crippen LogP contribution in [0.5, 0.6) is 17.2 Å². The van der Waals surface area contributed by atoms with Crippen molar-refractivity contribution in [3.63, 3.8) is 0 Å². The Hall–Kier alpha value is -2.16. The number of guanidine groups is 1. The van der Waals surface area contributed by atoms with Gasteiger partial charge in [0.1, 0.15) is 11.9 Å². The molecule has 28 heavy (non-hydrogen) atoms. The van der Waals surface area contributed by atoms with Crippen LogP contribution in [0.3, 0.4) is 0 Å². The van der Waals surface area contributed by atoms with Crippen LogP contribution in [0.15, 0.2) is 53.5 Å². The number of halogens is 1. The predicted octanol–water partition coefficient (Wildman–Crippen LogP) is 3.77. The van der Waals surface area contributed by atoms with Crippen LogP contribution in [0.1, 0.15) is 24.9 Å². The molecule has 2 aromatic carbocycles. The number of methoxy groups -OCH3 is 1. The van der Waals surface area contributed by atoms with E-state index in [4.69, 9.17) is 14.2 Å². The monoisotopic (exact) mass is 497 g/mol. The van der Waals surface area contributed by atoms with Crippen LogP contribution in [-0.2, 0) is 0 Å². The Labute approximate surface area is 183 Å². The summed E-state index contributed by atoms with van der Waals surface area (Å²) >= 11 is 0. The lowest BCUT2D eigenvalue weighted by Gasteiger charge is -2.28. The number of aliphatic imine (C=N–C) groups is 1. The van der Waals surface area contributed by atoms with Crippen LogP contribution in [0.25, 0.3) is 0 Å². The summed E-state index contributed by atoms with van der Waals surface area (Å²) in [7, 11) is 3.41. The lowest BCUT2D eigenvalue weighted by atomic mass is 10.0. The first-order chi connectivity index (χ1) is 13.2. The van der Waals surface area contributed by atoms with E-state index in [1.807, 2.05) is 49.4 Å². The predicted molar refractivity (Wildman–Crippen MR) is 122 cm³/mol. The summed E-state index contributed by atoms with van der Waals surface area (Å²) in [4.78, 5) is 4.34. The highest BCUT2D eigenvalue weighted by Gasteiger charge is 2.22. The third-order valence-corrected chi connectivity index (χ3v) is 4.45. The van der Waals surface area contributed by atoms with Crippen molar-refractivity contribution in [1.29, 1.82) is 0 Å². The minimum atomic E-state index is -0.0539. The highest BCUT2D eigenvalue weighted by molar-refractivity contribution is 14.0. The van der Waals surface area contributed by atoms with E-state index in [2.05, 4.69) is 21.7 Å². The third-order valence-electron chi connectivity index (χ3n) is 4.45. The molecular weight excluding hydrogens is 469 g/mol.